The van der Waals surface area contributed by atoms with Crippen LogP contribution in [0.15, 0.2) is 47.1 Å². The van der Waals surface area contributed by atoms with E-state index >= 15 is 0 Å². The van der Waals surface area contributed by atoms with Gasteiger partial charge in [-0.2, -0.15) is 9.97 Å². The predicted octanol–water partition coefficient (Wildman–Crippen LogP) is 3.92. The first-order chi connectivity index (χ1) is 15.0. The second-order valence-corrected chi connectivity index (χ2v) is 9.79. The fourth-order valence-electron chi connectivity index (χ4n) is 3.54. The third-order valence-electron chi connectivity index (χ3n) is 4.98. The highest BCUT2D eigenvalue weighted by Gasteiger charge is 2.39. The summed E-state index contributed by atoms with van der Waals surface area (Å²) >= 11 is 9.96. The Kier molecular flexibility index (Phi) is 5.82. The van der Waals surface area contributed by atoms with E-state index in [2.05, 4.69) is 43.9 Å². The molecule has 1 fully saturated rings. The number of nitrogens with one attached hydrogen (secondary N) is 1. The van der Waals surface area contributed by atoms with Crippen LogP contribution in [-0.4, -0.2) is 47.7 Å². The Morgan fingerprint density at radius 1 is 1.23 bits per heavy atom. The van der Waals surface area contributed by atoms with Crippen LogP contribution in [0, 0.1) is 3.57 Å². The van der Waals surface area contributed by atoms with Gasteiger partial charge in [0.25, 0.3) is 0 Å². The molecule has 0 amide bonds. The van der Waals surface area contributed by atoms with Crippen LogP contribution in [0.4, 0.5) is 5.82 Å². The molecule has 0 radical (unpaired) electrons. The highest BCUT2D eigenvalue weighted by atomic mass is 127. The van der Waals surface area contributed by atoms with Gasteiger partial charge in [0.2, 0.25) is 5.28 Å². The van der Waals surface area contributed by atoms with Gasteiger partial charge in [-0.3, -0.25) is 4.57 Å². The molecule has 8 nitrogen and oxygen atoms in total. The Morgan fingerprint density at radius 3 is 2.81 bits per heavy atom. The first kappa shape index (κ1) is 21.0. The molecule has 5 rings (SSSR count). The molecule has 3 N–H and O–H groups in total. The van der Waals surface area contributed by atoms with Crippen molar-refractivity contribution in [2.45, 2.75) is 24.1 Å². The lowest BCUT2D eigenvalue weighted by Crippen LogP contribution is -2.28. The zero-order valence-corrected chi connectivity index (χ0v) is 19.7. The molecule has 1 aliphatic rings. The Labute approximate surface area is 200 Å². The Balaban J connectivity index is 1.62. The summed E-state index contributed by atoms with van der Waals surface area (Å²) in [5, 5.41) is 23.6. The Hall–Kier alpha value is -1.86. The number of furan rings is 1. The maximum Gasteiger partial charge on any atom is 0.226 e. The monoisotopic (exact) mass is 569 g/mol. The highest BCUT2D eigenvalue weighted by molar-refractivity contribution is 14.1. The maximum absolute atomic E-state index is 10.6. The molecule has 1 aromatic carbocycles. The lowest BCUT2D eigenvalue weighted by molar-refractivity contribution is 0.0316. The number of aliphatic hydroxyl groups is 2. The molecule has 11 heteroatoms. The van der Waals surface area contributed by atoms with Crippen molar-refractivity contribution in [2.75, 3.05) is 11.1 Å². The largest absolute Gasteiger partial charge is 0.461 e. The molecule has 0 aliphatic carbocycles. The molecule has 4 heterocycles. The SMILES string of the molecule is O[C@@H]1[C@H](O)CS[C@H]1n1c(-c2ccco2)nc2c(NCc3cccc(I)c3)nc(Cl)nc21. The van der Waals surface area contributed by atoms with E-state index < -0.39 is 17.6 Å². The normalized spacial score (nSPS) is 21.1. The molecule has 31 heavy (non-hydrogen) atoms. The zero-order chi connectivity index (χ0) is 21.5. The van der Waals surface area contributed by atoms with Crippen molar-refractivity contribution in [3.63, 3.8) is 0 Å². The van der Waals surface area contributed by atoms with Gasteiger partial charge in [-0.15, -0.1) is 11.8 Å². The van der Waals surface area contributed by atoms with Crippen molar-refractivity contribution in [1.29, 1.82) is 0 Å². The molecule has 0 saturated carbocycles. The minimum Gasteiger partial charge on any atom is -0.461 e. The third kappa shape index (κ3) is 4.02. The van der Waals surface area contributed by atoms with Gasteiger partial charge < -0.3 is 19.9 Å². The minimum atomic E-state index is -0.979. The van der Waals surface area contributed by atoms with Crippen LogP contribution in [0.2, 0.25) is 5.28 Å². The van der Waals surface area contributed by atoms with E-state index in [1.165, 1.54) is 11.8 Å². The van der Waals surface area contributed by atoms with Crippen LogP contribution in [0.3, 0.4) is 0 Å². The molecule has 160 valence electrons. The summed E-state index contributed by atoms with van der Waals surface area (Å²) in [6.07, 6.45) is -0.263. The lowest BCUT2D eigenvalue weighted by atomic mass is 10.2. The number of thioether (sulfide) groups is 1. The van der Waals surface area contributed by atoms with E-state index in [-0.39, 0.29) is 5.28 Å². The Morgan fingerprint density at radius 2 is 2.10 bits per heavy atom. The quantitative estimate of drug-likeness (QED) is 0.245. The summed E-state index contributed by atoms with van der Waals surface area (Å²) in [5.74, 6) is 1.89. The predicted molar refractivity (Wildman–Crippen MR) is 128 cm³/mol. The number of anilines is 1. The summed E-state index contributed by atoms with van der Waals surface area (Å²) < 4.78 is 8.49. The average molecular weight is 570 g/mol. The van der Waals surface area contributed by atoms with Crippen molar-refractivity contribution in [3.8, 4) is 11.6 Å². The van der Waals surface area contributed by atoms with Crippen molar-refractivity contribution < 1.29 is 14.6 Å². The number of aromatic nitrogens is 4. The number of halogens is 2. The average Bonchev–Trinajstić information content (AvgIpc) is 3.46. The standard InChI is InChI=1S/C20H17ClIN5O3S/c21-20-25-16(23-8-10-3-1-4-11(22)7-10)14-18(26-20)27(19-15(29)12(28)9-31-19)17(24-14)13-5-2-6-30-13/h1-7,12,15,19,28-29H,8-9H2,(H,23,25,26)/t12-,15-,19-/m1/s1. The van der Waals surface area contributed by atoms with E-state index in [0.29, 0.717) is 40.9 Å². The molecular formula is C20H17ClIN5O3S. The minimum absolute atomic E-state index is 0.0582. The van der Waals surface area contributed by atoms with Gasteiger partial charge >= 0.3 is 0 Å². The second kappa shape index (κ2) is 8.58. The van der Waals surface area contributed by atoms with E-state index in [1.54, 1.807) is 23.0 Å². The number of benzene rings is 1. The van der Waals surface area contributed by atoms with Gasteiger partial charge in [0.05, 0.1) is 12.4 Å². The van der Waals surface area contributed by atoms with E-state index in [0.717, 1.165) is 9.13 Å². The van der Waals surface area contributed by atoms with Crippen molar-refractivity contribution in [1.82, 2.24) is 19.5 Å². The Bertz CT molecular complexity index is 1240. The molecule has 0 bridgehead atoms. The summed E-state index contributed by atoms with van der Waals surface area (Å²) in [4.78, 5) is 13.5. The first-order valence-corrected chi connectivity index (χ1v) is 12.0. The molecule has 0 spiro atoms. The summed E-state index contributed by atoms with van der Waals surface area (Å²) in [5.41, 5.74) is 2.06. The third-order valence-corrected chi connectivity index (χ3v) is 7.19. The van der Waals surface area contributed by atoms with Crippen LogP contribution in [0.25, 0.3) is 22.7 Å². The molecule has 4 aromatic rings. The maximum atomic E-state index is 10.6. The van der Waals surface area contributed by atoms with Crippen molar-refractivity contribution in [2.24, 2.45) is 0 Å². The number of fused-ring (bicyclic) bond motifs is 1. The fourth-order valence-corrected chi connectivity index (χ4v) is 5.63. The van der Waals surface area contributed by atoms with Crippen LogP contribution in [0.1, 0.15) is 10.9 Å². The smallest absolute Gasteiger partial charge is 0.226 e. The van der Waals surface area contributed by atoms with Crippen LogP contribution in [0.5, 0.6) is 0 Å². The van der Waals surface area contributed by atoms with Gasteiger partial charge in [-0.25, -0.2) is 4.98 Å². The summed E-state index contributed by atoms with van der Waals surface area (Å²) in [6, 6.07) is 11.7. The van der Waals surface area contributed by atoms with Gasteiger partial charge in [0.1, 0.15) is 11.5 Å². The number of imidazole rings is 1. The van der Waals surface area contributed by atoms with Crippen LogP contribution >= 0.6 is 46.0 Å². The van der Waals surface area contributed by atoms with E-state index in [4.69, 9.17) is 21.0 Å². The van der Waals surface area contributed by atoms with E-state index in [1.807, 2.05) is 18.2 Å². The molecule has 3 atom stereocenters. The molecular weight excluding hydrogens is 553 g/mol. The van der Waals surface area contributed by atoms with E-state index in [9.17, 15) is 10.2 Å². The summed E-state index contributed by atoms with van der Waals surface area (Å²) in [6.45, 7) is 0.530. The van der Waals surface area contributed by atoms with Gasteiger partial charge in [-0.05, 0) is 64.0 Å². The second-order valence-electron chi connectivity index (χ2n) is 7.06. The zero-order valence-electron chi connectivity index (χ0n) is 15.9. The number of hydrogen-bond donors (Lipinski definition) is 3. The number of rotatable bonds is 5. The molecule has 1 saturated heterocycles. The molecule has 3 aromatic heterocycles. The highest BCUT2D eigenvalue weighted by Crippen LogP contribution is 2.42. The van der Waals surface area contributed by atoms with Crippen LogP contribution in [-0.2, 0) is 6.54 Å². The first-order valence-electron chi connectivity index (χ1n) is 9.46. The molecule has 1 aliphatic heterocycles. The molecule has 0 unspecified atom stereocenters. The number of hydrogen-bond acceptors (Lipinski definition) is 8. The number of nitrogens with zero attached hydrogens (tertiary/aromatic N) is 4. The number of aliphatic hydroxyl groups excluding tert-OH is 2. The van der Waals surface area contributed by atoms with Gasteiger partial charge in [0.15, 0.2) is 28.6 Å². The lowest BCUT2D eigenvalue weighted by Gasteiger charge is -2.19. The van der Waals surface area contributed by atoms with Gasteiger partial charge in [0, 0.05) is 15.9 Å². The topological polar surface area (TPSA) is 109 Å². The van der Waals surface area contributed by atoms with Crippen molar-refractivity contribution >= 4 is 62.9 Å². The van der Waals surface area contributed by atoms with Gasteiger partial charge in [-0.1, -0.05) is 12.1 Å². The summed E-state index contributed by atoms with van der Waals surface area (Å²) in [7, 11) is 0. The van der Waals surface area contributed by atoms with Crippen molar-refractivity contribution in [3.05, 3.63) is 57.1 Å². The van der Waals surface area contributed by atoms with Crippen LogP contribution < -0.4 is 5.32 Å². The fraction of sp³-hybridized carbons (Fsp3) is 0.250.